The van der Waals surface area contributed by atoms with Gasteiger partial charge in [0.05, 0.1) is 5.92 Å². The lowest BCUT2D eigenvalue weighted by atomic mass is 9.73. The van der Waals surface area contributed by atoms with E-state index in [2.05, 4.69) is 5.32 Å². The van der Waals surface area contributed by atoms with Crippen LogP contribution in [0.1, 0.15) is 13.3 Å². The van der Waals surface area contributed by atoms with Gasteiger partial charge < -0.3 is 15.5 Å². The summed E-state index contributed by atoms with van der Waals surface area (Å²) >= 11 is 1.16. The summed E-state index contributed by atoms with van der Waals surface area (Å²) in [5.41, 5.74) is 0. The summed E-state index contributed by atoms with van der Waals surface area (Å²) < 4.78 is 0. The lowest BCUT2D eigenvalue weighted by molar-refractivity contribution is -0.154. The molecule has 3 N–H and O–H groups in total. The first-order valence-corrected chi connectivity index (χ1v) is 6.81. The van der Waals surface area contributed by atoms with Crippen molar-refractivity contribution in [2.45, 2.75) is 19.4 Å². The summed E-state index contributed by atoms with van der Waals surface area (Å²) in [7, 11) is 0. The number of aliphatic carboxylic acids is 2. The smallest absolute Gasteiger partial charge is 0.327 e. The first-order valence-electron chi connectivity index (χ1n) is 5.66. The Morgan fingerprint density at radius 2 is 2.05 bits per heavy atom. The molecule has 1 aliphatic rings. The first kappa shape index (κ1) is 15.5. The first-order chi connectivity index (χ1) is 8.82. The minimum absolute atomic E-state index is 0.0502. The maximum Gasteiger partial charge on any atom is 0.327 e. The van der Waals surface area contributed by atoms with Gasteiger partial charge in [0.15, 0.2) is 0 Å². The minimum atomic E-state index is -1.16. The molecule has 19 heavy (non-hydrogen) atoms. The average molecular weight is 289 g/mol. The molecule has 106 valence electrons. The SMILES string of the molecule is CC(=O)NC(CSCC1C(=O)CC1C(=O)O)C(=O)O. The molecule has 0 aromatic carbocycles. The molecule has 0 aliphatic heterocycles. The van der Waals surface area contributed by atoms with Crippen molar-refractivity contribution in [3.63, 3.8) is 0 Å². The monoisotopic (exact) mass is 289 g/mol. The van der Waals surface area contributed by atoms with Gasteiger partial charge >= 0.3 is 11.9 Å². The molecule has 1 aliphatic carbocycles. The Kier molecular flexibility index (Phi) is 5.34. The Bertz CT molecular complexity index is 400. The normalized spacial score (nSPS) is 23.3. The summed E-state index contributed by atoms with van der Waals surface area (Å²) in [6.45, 7) is 1.22. The van der Waals surface area contributed by atoms with Crippen LogP contribution >= 0.6 is 11.8 Å². The number of carboxylic acids is 2. The highest BCUT2D eigenvalue weighted by atomic mass is 32.2. The quantitative estimate of drug-likeness (QED) is 0.583. The van der Waals surface area contributed by atoms with Gasteiger partial charge in [0.2, 0.25) is 5.91 Å². The van der Waals surface area contributed by atoms with Gasteiger partial charge in [-0.25, -0.2) is 4.79 Å². The Labute approximate surface area is 113 Å². The number of carboxylic acid groups (broad SMARTS) is 2. The molecular formula is C11H15NO6S. The highest BCUT2D eigenvalue weighted by Gasteiger charge is 2.44. The van der Waals surface area contributed by atoms with Crippen LogP contribution in [0.3, 0.4) is 0 Å². The molecule has 0 aromatic heterocycles. The van der Waals surface area contributed by atoms with Crippen molar-refractivity contribution >= 4 is 35.4 Å². The minimum Gasteiger partial charge on any atom is -0.481 e. The van der Waals surface area contributed by atoms with Crippen molar-refractivity contribution in [1.29, 1.82) is 0 Å². The fourth-order valence-electron chi connectivity index (χ4n) is 1.78. The number of carbonyl (C=O) groups is 4. The third-order valence-corrected chi connectivity index (χ3v) is 4.06. The van der Waals surface area contributed by atoms with Crippen LogP contribution in [0.15, 0.2) is 0 Å². The van der Waals surface area contributed by atoms with Crippen LogP contribution in [0.4, 0.5) is 0 Å². The second kappa shape index (κ2) is 6.55. The molecule has 0 spiro atoms. The highest BCUT2D eigenvalue weighted by molar-refractivity contribution is 7.99. The maximum absolute atomic E-state index is 11.3. The van der Waals surface area contributed by atoms with Crippen molar-refractivity contribution < 1.29 is 29.4 Å². The van der Waals surface area contributed by atoms with E-state index in [1.165, 1.54) is 6.92 Å². The number of amides is 1. The molecule has 0 radical (unpaired) electrons. The Morgan fingerprint density at radius 1 is 1.42 bits per heavy atom. The van der Waals surface area contributed by atoms with Crippen LogP contribution in [0.25, 0.3) is 0 Å². The van der Waals surface area contributed by atoms with Crippen LogP contribution in [0, 0.1) is 11.8 Å². The van der Waals surface area contributed by atoms with Gasteiger partial charge in [0, 0.05) is 30.8 Å². The number of ketones is 1. The van der Waals surface area contributed by atoms with Gasteiger partial charge in [-0.2, -0.15) is 11.8 Å². The van der Waals surface area contributed by atoms with E-state index in [-0.39, 0.29) is 23.7 Å². The van der Waals surface area contributed by atoms with E-state index >= 15 is 0 Å². The second-order valence-electron chi connectivity index (χ2n) is 4.35. The molecule has 8 heteroatoms. The molecule has 1 amide bonds. The fourth-order valence-corrected chi connectivity index (χ4v) is 3.05. The molecule has 3 atom stereocenters. The molecule has 0 saturated heterocycles. The molecule has 0 bridgehead atoms. The number of Topliss-reactive ketones (excluding diaryl/α,β-unsaturated/α-hetero) is 1. The third-order valence-electron chi connectivity index (χ3n) is 2.90. The van der Waals surface area contributed by atoms with Gasteiger partial charge in [-0.1, -0.05) is 0 Å². The number of nitrogens with one attached hydrogen (secondary N) is 1. The molecule has 0 aromatic rings. The van der Waals surface area contributed by atoms with Gasteiger partial charge in [-0.05, 0) is 0 Å². The molecule has 1 fully saturated rings. The van der Waals surface area contributed by atoms with E-state index in [0.29, 0.717) is 0 Å². The largest absolute Gasteiger partial charge is 0.481 e. The van der Waals surface area contributed by atoms with Crippen LogP contribution in [-0.4, -0.2) is 51.4 Å². The van der Waals surface area contributed by atoms with Gasteiger partial charge in [0.25, 0.3) is 0 Å². The molecule has 3 unspecified atom stereocenters. The molecule has 1 rings (SSSR count). The van der Waals surface area contributed by atoms with Crippen molar-refractivity contribution in [1.82, 2.24) is 5.32 Å². The summed E-state index contributed by atoms with van der Waals surface area (Å²) in [6, 6.07) is -1.03. The lowest BCUT2D eigenvalue weighted by Gasteiger charge is -2.31. The van der Waals surface area contributed by atoms with Crippen molar-refractivity contribution in [2.75, 3.05) is 11.5 Å². The van der Waals surface area contributed by atoms with E-state index in [4.69, 9.17) is 10.2 Å². The standard InChI is InChI=1S/C11H15NO6S/c1-5(13)12-8(11(17)18)4-19-3-7-6(10(15)16)2-9(7)14/h6-8H,2-4H2,1H3,(H,12,13)(H,15,16)(H,17,18). The zero-order chi connectivity index (χ0) is 14.6. The van der Waals surface area contributed by atoms with E-state index in [0.717, 1.165) is 11.8 Å². The molecule has 1 saturated carbocycles. The van der Waals surface area contributed by atoms with Gasteiger partial charge in [0.1, 0.15) is 11.8 Å². The van der Waals surface area contributed by atoms with E-state index < -0.39 is 35.7 Å². The number of rotatable bonds is 7. The zero-order valence-corrected chi connectivity index (χ0v) is 11.1. The number of hydrogen-bond donors (Lipinski definition) is 3. The predicted molar refractivity (Wildman–Crippen MR) is 66.8 cm³/mol. The number of thioether (sulfide) groups is 1. The predicted octanol–water partition coefficient (Wildman–Crippen LogP) is -0.401. The summed E-state index contributed by atoms with van der Waals surface area (Å²) in [5.74, 6) is -3.55. The van der Waals surface area contributed by atoms with Crippen LogP contribution in [-0.2, 0) is 19.2 Å². The number of hydrogen-bond acceptors (Lipinski definition) is 5. The van der Waals surface area contributed by atoms with Crippen molar-refractivity contribution in [2.24, 2.45) is 11.8 Å². The molecule has 0 heterocycles. The summed E-state index contributed by atoms with van der Waals surface area (Å²) in [6.07, 6.45) is 0.0502. The summed E-state index contributed by atoms with van der Waals surface area (Å²) in [4.78, 5) is 43.7. The van der Waals surface area contributed by atoms with Crippen LogP contribution < -0.4 is 5.32 Å². The maximum atomic E-state index is 11.3. The van der Waals surface area contributed by atoms with Crippen molar-refractivity contribution in [3.05, 3.63) is 0 Å². The third kappa shape index (κ3) is 4.23. The fraction of sp³-hybridized carbons (Fsp3) is 0.636. The van der Waals surface area contributed by atoms with E-state index in [1.807, 2.05) is 0 Å². The molecule has 7 nitrogen and oxygen atoms in total. The average Bonchev–Trinajstić information content (AvgIpc) is 2.28. The van der Waals surface area contributed by atoms with Gasteiger partial charge in [-0.15, -0.1) is 0 Å². The van der Waals surface area contributed by atoms with E-state index in [1.54, 1.807) is 0 Å². The van der Waals surface area contributed by atoms with E-state index in [9.17, 15) is 19.2 Å². The highest BCUT2D eigenvalue weighted by Crippen LogP contribution is 2.33. The van der Waals surface area contributed by atoms with Crippen molar-refractivity contribution in [3.8, 4) is 0 Å². The van der Waals surface area contributed by atoms with Crippen LogP contribution in [0.2, 0.25) is 0 Å². The lowest BCUT2D eigenvalue weighted by Crippen LogP contribution is -2.44. The van der Waals surface area contributed by atoms with Crippen LogP contribution in [0.5, 0.6) is 0 Å². The number of carbonyl (C=O) groups excluding carboxylic acids is 2. The topological polar surface area (TPSA) is 121 Å². The Balaban J connectivity index is 2.39. The molecular weight excluding hydrogens is 274 g/mol. The Hall–Kier alpha value is -1.57. The van der Waals surface area contributed by atoms with Gasteiger partial charge in [-0.3, -0.25) is 14.4 Å². The summed E-state index contributed by atoms with van der Waals surface area (Å²) in [5, 5.41) is 20.0. The Morgan fingerprint density at radius 3 is 2.47 bits per heavy atom. The second-order valence-corrected chi connectivity index (χ2v) is 5.43. The zero-order valence-electron chi connectivity index (χ0n) is 10.3.